The Kier molecular flexibility index (Phi) is 5.43. The second-order valence-corrected chi connectivity index (χ2v) is 5.65. The van der Waals surface area contributed by atoms with Gasteiger partial charge in [-0.15, -0.1) is 10.2 Å². The lowest BCUT2D eigenvalue weighted by Gasteiger charge is -2.15. The molecule has 0 atom stereocenters. The van der Waals surface area contributed by atoms with E-state index in [1.807, 2.05) is 30.3 Å². The van der Waals surface area contributed by atoms with Crippen molar-refractivity contribution in [3.05, 3.63) is 78.7 Å². The van der Waals surface area contributed by atoms with E-state index < -0.39 is 0 Å². The smallest absolute Gasteiger partial charge is 0.254 e. The van der Waals surface area contributed by atoms with Gasteiger partial charge in [-0.3, -0.25) is 4.79 Å². The highest BCUT2D eigenvalue weighted by atomic mass is 16.5. The maximum atomic E-state index is 12.5. The molecular weight excluding hydrogens is 330 g/mol. The predicted octanol–water partition coefficient (Wildman–Crippen LogP) is 3.57. The van der Waals surface area contributed by atoms with Gasteiger partial charge in [-0.05, 0) is 36.4 Å². The molecule has 26 heavy (non-hydrogen) atoms. The van der Waals surface area contributed by atoms with E-state index >= 15 is 0 Å². The molecule has 2 aromatic carbocycles. The van der Waals surface area contributed by atoms with Crippen molar-refractivity contribution in [2.24, 2.45) is 0 Å². The van der Waals surface area contributed by atoms with Gasteiger partial charge >= 0.3 is 0 Å². The maximum absolute atomic E-state index is 12.5. The van der Waals surface area contributed by atoms with E-state index in [1.54, 1.807) is 37.4 Å². The number of carbonyl (C=O) groups is 1. The van der Waals surface area contributed by atoms with Gasteiger partial charge in [0.25, 0.3) is 5.91 Å². The average Bonchev–Trinajstić information content (AvgIpc) is 3.15. The minimum Gasteiger partial charge on any atom is -0.490 e. The highest BCUT2D eigenvalue weighted by Crippen LogP contribution is 2.18. The fraction of sp³-hybridized carbons (Fsp3) is 0.150. The Morgan fingerprint density at radius 3 is 2.58 bits per heavy atom. The second kappa shape index (κ2) is 8.11. The Labute approximate surface area is 151 Å². The van der Waals surface area contributed by atoms with Crippen LogP contribution >= 0.6 is 0 Å². The number of carbonyl (C=O) groups excluding carboxylic acids is 1. The third kappa shape index (κ3) is 4.16. The molecule has 3 aromatic rings. The van der Waals surface area contributed by atoms with Crippen molar-refractivity contribution >= 4 is 5.91 Å². The Hall–Kier alpha value is -3.41. The summed E-state index contributed by atoms with van der Waals surface area (Å²) in [5.74, 6) is 1.36. The fourth-order valence-corrected chi connectivity index (χ4v) is 2.36. The van der Waals surface area contributed by atoms with Crippen molar-refractivity contribution in [2.75, 3.05) is 13.7 Å². The molecule has 6 nitrogen and oxygen atoms in total. The standard InChI is InChI=1S/C20H19N3O3/c1-3-13-25-17-11-9-16(10-12-17)20(24)23(2)14-18-21-22-19(26-18)15-7-5-4-6-8-15/h3-12H,1,13-14H2,2H3. The molecule has 0 aliphatic carbocycles. The lowest BCUT2D eigenvalue weighted by Crippen LogP contribution is -2.26. The van der Waals surface area contributed by atoms with E-state index in [2.05, 4.69) is 16.8 Å². The van der Waals surface area contributed by atoms with Gasteiger partial charge in [0.1, 0.15) is 12.4 Å². The summed E-state index contributed by atoms with van der Waals surface area (Å²) in [5, 5.41) is 8.05. The molecule has 0 aliphatic rings. The molecule has 1 aromatic heterocycles. The topological polar surface area (TPSA) is 68.5 Å². The molecule has 0 unspecified atom stereocenters. The molecule has 1 heterocycles. The average molecular weight is 349 g/mol. The van der Waals surface area contributed by atoms with Crippen LogP contribution in [0.25, 0.3) is 11.5 Å². The Bertz CT molecular complexity index is 873. The lowest BCUT2D eigenvalue weighted by atomic mass is 10.2. The summed E-state index contributed by atoms with van der Waals surface area (Å²) < 4.78 is 11.1. The van der Waals surface area contributed by atoms with Crippen molar-refractivity contribution in [3.8, 4) is 17.2 Å². The van der Waals surface area contributed by atoms with Crippen molar-refractivity contribution in [2.45, 2.75) is 6.54 Å². The van der Waals surface area contributed by atoms with Gasteiger partial charge in [0.05, 0.1) is 6.54 Å². The highest BCUT2D eigenvalue weighted by molar-refractivity contribution is 5.94. The molecular formula is C20H19N3O3. The number of benzene rings is 2. The first-order chi connectivity index (χ1) is 12.7. The van der Waals surface area contributed by atoms with Gasteiger partial charge in [0, 0.05) is 18.2 Å². The number of rotatable bonds is 7. The largest absolute Gasteiger partial charge is 0.490 e. The van der Waals surface area contributed by atoms with Gasteiger partial charge in [0.15, 0.2) is 0 Å². The monoisotopic (exact) mass is 349 g/mol. The lowest BCUT2D eigenvalue weighted by molar-refractivity contribution is 0.0773. The zero-order valence-electron chi connectivity index (χ0n) is 14.5. The molecule has 6 heteroatoms. The Morgan fingerprint density at radius 2 is 1.88 bits per heavy atom. The number of amides is 1. The number of ether oxygens (including phenoxy) is 1. The van der Waals surface area contributed by atoms with E-state index in [9.17, 15) is 4.79 Å². The van der Waals surface area contributed by atoms with E-state index in [0.29, 0.717) is 29.7 Å². The fourth-order valence-electron chi connectivity index (χ4n) is 2.36. The SMILES string of the molecule is C=CCOc1ccc(C(=O)N(C)Cc2nnc(-c3ccccc3)o2)cc1. The minimum atomic E-state index is -0.139. The normalized spacial score (nSPS) is 10.3. The number of hydrogen-bond acceptors (Lipinski definition) is 5. The minimum absolute atomic E-state index is 0.139. The van der Waals surface area contributed by atoms with Crippen LogP contribution in [0.3, 0.4) is 0 Å². The van der Waals surface area contributed by atoms with Gasteiger partial charge in [-0.25, -0.2) is 0 Å². The van der Waals surface area contributed by atoms with E-state index in [0.717, 1.165) is 5.56 Å². The number of aromatic nitrogens is 2. The first-order valence-corrected chi connectivity index (χ1v) is 8.14. The van der Waals surface area contributed by atoms with Crippen LogP contribution < -0.4 is 4.74 Å². The molecule has 3 rings (SSSR count). The molecule has 1 amide bonds. The molecule has 0 saturated carbocycles. The molecule has 0 spiro atoms. The second-order valence-electron chi connectivity index (χ2n) is 5.65. The summed E-state index contributed by atoms with van der Waals surface area (Å²) in [7, 11) is 1.69. The molecule has 0 bridgehead atoms. The van der Waals surface area contributed by atoms with Crippen LogP contribution in [0, 0.1) is 0 Å². The first kappa shape index (κ1) is 17.4. The van der Waals surface area contributed by atoms with Crippen LogP contribution in [0.2, 0.25) is 0 Å². The first-order valence-electron chi connectivity index (χ1n) is 8.14. The van der Waals surface area contributed by atoms with E-state index in [1.165, 1.54) is 4.90 Å². The molecule has 0 saturated heterocycles. The van der Waals surface area contributed by atoms with Gasteiger partial charge in [-0.1, -0.05) is 30.9 Å². The highest BCUT2D eigenvalue weighted by Gasteiger charge is 2.16. The Morgan fingerprint density at radius 1 is 1.15 bits per heavy atom. The summed E-state index contributed by atoms with van der Waals surface area (Å²) in [6.07, 6.45) is 1.67. The molecule has 0 N–H and O–H groups in total. The van der Waals surface area contributed by atoms with Crippen LogP contribution in [0.5, 0.6) is 5.75 Å². The van der Waals surface area contributed by atoms with Crippen molar-refractivity contribution in [1.29, 1.82) is 0 Å². The van der Waals surface area contributed by atoms with Crippen LogP contribution in [0.15, 0.2) is 71.7 Å². The zero-order chi connectivity index (χ0) is 18.4. The van der Waals surface area contributed by atoms with Crippen LogP contribution in [-0.2, 0) is 6.54 Å². The molecule has 0 aliphatic heterocycles. The third-order valence-corrected chi connectivity index (χ3v) is 3.68. The van der Waals surface area contributed by atoms with Gasteiger partial charge in [0.2, 0.25) is 11.8 Å². The van der Waals surface area contributed by atoms with Crippen molar-refractivity contribution < 1.29 is 13.9 Å². The Balaban J connectivity index is 1.64. The van der Waals surface area contributed by atoms with E-state index in [4.69, 9.17) is 9.15 Å². The van der Waals surface area contributed by atoms with Crippen LogP contribution in [-0.4, -0.2) is 34.7 Å². The number of nitrogens with zero attached hydrogens (tertiary/aromatic N) is 3. The molecule has 132 valence electrons. The summed E-state index contributed by atoms with van der Waals surface area (Å²) in [6.45, 7) is 4.25. The van der Waals surface area contributed by atoms with Crippen LogP contribution in [0.1, 0.15) is 16.2 Å². The van der Waals surface area contributed by atoms with Crippen molar-refractivity contribution in [1.82, 2.24) is 15.1 Å². The summed E-state index contributed by atoms with van der Waals surface area (Å²) >= 11 is 0. The van der Waals surface area contributed by atoms with Crippen molar-refractivity contribution in [3.63, 3.8) is 0 Å². The number of hydrogen-bond donors (Lipinski definition) is 0. The molecule has 0 radical (unpaired) electrons. The quantitative estimate of drug-likeness (QED) is 0.610. The van der Waals surface area contributed by atoms with Gasteiger partial charge in [-0.2, -0.15) is 0 Å². The molecule has 0 fully saturated rings. The van der Waals surface area contributed by atoms with E-state index in [-0.39, 0.29) is 12.5 Å². The van der Waals surface area contributed by atoms with Crippen LogP contribution in [0.4, 0.5) is 0 Å². The summed E-state index contributed by atoms with van der Waals surface area (Å²) in [6, 6.07) is 16.5. The summed E-state index contributed by atoms with van der Waals surface area (Å²) in [4.78, 5) is 14.1. The van der Waals surface area contributed by atoms with Gasteiger partial charge < -0.3 is 14.1 Å². The summed E-state index contributed by atoms with van der Waals surface area (Å²) in [5.41, 5.74) is 1.40. The zero-order valence-corrected chi connectivity index (χ0v) is 14.5. The maximum Gasteiger partial charge on any atom is 0.254 e. The third-order valence-electron chi connectivity index (χ3n) is 3.68. The predicted molar refractivity (Wildman–Crippen MR) is 97.7 cm³/mol.